The Hall–Kier alpha value is -4.01. The summed E-state index contributed by atoms with van der Waals surface area (Å²) in [7, 11) is 3.31. The first-order valence-electron chi connectivity index (χ1n) is 14.5. The van der Waals surface area contributed by atoms with E-state index in [1.807, 2.05) is 54.6 Å². The summed E-state index contributed by atoms with van der Waals surface area (Å²) < 4.78 is 6.44. The predicted octanol–water partition coefficient (Wildman–Crippen LogP) is 6.27. The molecular formula is C34H35N3O4S. The molecule has 0 saturated carbocycles. The van der Waals surface area contributed by atoms with E-state index >= 15 is 0 Å². The highest BCUT2D eigenvalue weighted by Gasteiger charge is 2.33. The van der Waals surface area contributed by atoms with Gasteiger partial charge in [-0.3, -0.25) is 19.3 Å². The van der Waals surface area contributed by atoms with Gasteiger partial charge in [-0.05, 0) is 92.4 Å². The fourth-order valence-corrected chi connectivity index (χ4v) is 7.25. The number of aryl methyl sites for hydroxylation is 1. The van der Waals surface area contributed by atoms with Gasteiger partial charge in [0.2, 0.25) is 11.8 Å². The number of likely N-dealkylation sites (N-methyl/N-ethyl adjacent to an activating group) is 1. The molecule has 6 rings (SSSR count). The minimum atomic E-state index is -0.454. The van der Waals surface area contributed by atoms with Gasteiger partial charge < -0.3 is 15.0 Å². The second-order valence-electron chi connectivity index (χ2n) is 11.2. The van der Waals surface area contributed by atoms with Gasteiger partial charge in [-0.1, -0.05) is 24.3 Å². The van der Waals surface area contributed by atoms with Crippen LogP contribution in [0.15, 0.2) is 60.7 Å². The van der Waals surface area contributed by atoms with E-state index in [0.717, 1.165) is 51.5 Å². The van der Waals surface area contributed by atoms with Crippen LogP contribution in [-0.2, 0) is 16.1 Å². The molecule has 0 radical (unpaired) electrons. The molecule has 2 aliphatic rings. The third-order valence-corrected chi connectivity index (χ3v) is 9.73. The van der Waals surface area contributed by atoms with Crippen molar-refractivity contribution in [1.29, 1.82) is 0 Å². The van der Waals surface area contributed by atoms with Gasteiger partial charge in [-0.25, -0.2) is 0 Å². The highest BCUT2D eigenvalue weighted by atomic mass is 32.1. The lowest BCUT2D eigenvalue weighted by molar-refractivity contribution is -0.131. The Morgan fingerprint density at radius 3 is 2.45 bits per heavy atom. The molecule has 2 amide bonds. The number of amides is 2. The van der Waals surface area contributed by atoms with Gasteiger partial charge in [0.05, 0.1) is 7.11 Å². The molecule has 0 aliphatic carbocycles. The number of carbonyl (C=O) groups excluding carboxylic acids is 3. The molecule has 42 heavy (non-hydrogen) atoms. The number of benzene rings is 3. The van der Waals surface area contributed by atoms with E-state index in [1.165, 1.54) is 23.3 Å². The Labute approximate surface area is 250 Å². The number of nitrogens with one attached hydrogen (secondary N) is 1. The van der Waals surface area contributed by atoms with Crippen LogP contribution >= 0.6 is 11.3 Å². The monoisotopic (exact) mass is 581 g/mol. The van der Waals surface area contributed by atoms with Crippen LogP contribution in [0, 0.1) is 6.92 Å². The van der Waals surface area contributed by atoms with Crippen molar-refractivity contribution in [3.05, 3.63) is 82.9 Å². The van der Waals surface area contributed by atoms with Crippen LogP contribution in [-0.4, -0.2) is 60.7 Å². The second kappa shape index (κ2) is 11.7. The van der Waals surface area contributed by atoms with Crippen LogP contribution < -0.4 is 10.1 Å². The maximum atomic E-state index is 14.2. The van der Waals surface area contributed by atoms with Crippen LogP contribution in [0.2, 0.25) is 0 Å². The lowest BCUT2D eigenvalue weighted by atomic mass is 9.95. The quantitative estimate of drug-likeness (QED) is 0.248. The molecule has 0 spiro atoms. The SMILES string of the molecule is COc1ccc2c(C(=O)c3ccc(CN4CCCC4)c(C)c3)c(-c3ccc(NC(=O)C4CCC(=O)N4C)cc3)sc2c1. The van der Waals surface area contributed by atoms with E-state index in [9.17, 15) is 14.4 Å². The molecule has 3 heterocycles. The molecule has 2 fully saturated rings. The van der Waals surface area contributed by atoms with E-state index in [-0.39, 0.29) is 17.6 Å². The zero-order chi connectivity index (χ0) is 29.4. The zero-order valence-electron chi connectivity index (χ0n) is 24.2. The van der Waals surface area contributed by atoms with Crippen LogP contribution in [0.3, 0.4) is 0 Å². The van der Waals surface area contributed by atoms with Crippen molar-refractivity contribution in [2.75, 3.05) is 32.6 Å². The largest absolute Gasteiger partial charge is 0.497 e. The van der Waals surface area contributed by atoms with Crippen LogP contribution in [0.4, 0.5) is 5.69 Å². The van der Waals surface area contributed by atoms with E-state index in [1.54, 1.807) is 25.5 Å². The summed E-state index contributed by atoms with van der Waals surface area (Å²) in [6.45, 7) is 5.27. The molecule has 2 saturated heterocycles. The van der Waals surface area contributed by atoms with E-state index in [4.69, 9.17) is 4.74 Å². The number of carbonyl (C=O) groups is 3. The number of fused-ring (bicyclic) bond motifs is 1. The van der Waals surface area contributed by atoms with Crippen molar-refractivity contribution in [2.24, 2.45) is 0 Å². The van der Waals surface area contributed by atoms with Crippen LogP contribution in [0.5, 0.6) is 5.75 Å². The lowest BCUT2D eigenvalue weighted by Crippen LogP contribution is -2.38. The average molecular weight is 582 g/mol. The molecule has 1 unspecified atom stereocenters. The Morgan fingerprint density at radius 2 is 1.79 bits per heavy atom. The first kappa shape index (κ1) is 28.1. The summed E-state index contributed by atoms with van der Waals surface area (Å²) in [5, 5.41) is 3.83. The predicted molar refractivity (Wildman–Crippen MR) is 167 cm³/mol. The number of rotatable bonds is 8. The Kier molecular flexibility index (Phi) is 7.84. The van der Waals surface area contributed by atoms with Gasteiger partial charge >= 0.3 is 0 Å². The average Bonchev–Trinajstić information content (AvgIpc) is 3.73. The first-order valence-corrected chi connectivity index (χ1v) is 15.3. The molecule has 2 aliphatic heterocycles. The number of thiophene rings is 1. The van der Waals surface area contributed by atoms with Crippen molar-refractivity contribution in [3.8, 4) is 16.2 Å². The summed E-state index contributed by atoms with van der Waals surface area (Å²) >= 11 is 1.56. The molecule has 4 aromatic rings. The van der Waals surface area contributed by atoms with Gasteiger partial charge in [-0.15, -0.1) is 11.3 Å². The summed E-state index contributed by atoms with van der Waals surface area (Å²) in [6, 6.07) is 19.0. The minimum Gasteiger partial charge on any atom is -0.497 e. The minimum absolute atomic E-state index is 0.0106. The van der Waals surface area contributed by atoms with Crippen molar-refractivity contribution in [1.82, 2.24) is 9.80 Å². The maximum absolute atomic E-state index is 14.2. The van der Waals surface area contributed by atoms with Gasteiger partial charge in [0.1, 0.15) is 11.8 Å². The molecule has 0 bridgehead atoms. The summed E-state index contributed by atoms with van der Waals surface area (Å²) in [5.41, 5.74) is 5.29. The molecule has 1 atom stereocenters. The van der Waals surface area contributed by atoms with Gasteiger partial charge in [0.25, 0.3) is 0 Å². The third kappa shape index (κ3) is 5.44. The number of methoxy groups -OCH3 is 1. The number of nitrogens with zero attached hydrogens (tertiary/aromatic N) is 2. The lowest BCUT2D eigenvalue weighted by Gasteiger charge is -2.19. The van der Waals surface area contributed by atoms with Crippen LogP contribution in [0.1, 0.15) is 52.7 Å². The normalized spacial score (nSPS) is 17.3. The van der Waals surface area contributed by atoms with Gasteiger partial charge in [0, 0.05) is 51.8 Å². The summed E-state index contributed by atoms with van der Waals surface area (Å²) in [4.78, 5) is 43.7. The first-order chi connectivity index (χ1) is 20.3. The molecular weight excluding hydrogens is 546 g/mol. The van der Waals surface area contributed by atoms with Crippen molar-refractivity contribution in [2.45, 2.75) is 45.2 Å². The van der Waals surface area contributed by atoms with Crippen molar-refractivity contribution >= 4 is 44.7 Å². The highest BCUT2D eigenvalue weighted by Crippen LogP contribution is 2.41. The highest BCUT2D eigenvalue weighted by molar-refractivity contribution is 7.22. The van der Waals surface area contributed by atoms with Gasteiger partial charge in [0.15, 0.2) is 5.78 Å². The molecule has 7 nitrogen and oxygen atoms in total. The molecule has 216 valence electrons. The van der Waals surface area contributed by atoms with E-state index in [2.05, 4.69) is 23.2 Å². The molecule has 1 aromatic heterocycles. The van der Waals surface area contributed by atoms with Gasteiger partial charge in [-0.2, -0.15) is 0 Å². The summed E-state index contributed by atoms with van der Waals surface area (Å²) in [6.07, 6.45) is 3.41. The Bertz CT molecular complexity index is 1670. The number of likely N-dealkylation sites (tertiary alicyclic amines) is 2. The second-order valence-corrected chi connectivity index (χ2v) is 12.3. The summed E-state index contributed by atoms with van der Waals surface area (Å²) in [5.74, 6) is 0.526. The molecule has 8 heteroatoms. The van der Waals surface area contributed by atoms with Crippen molar-refractivity contribution in [3.63, 3.8) is 0 Å². The smallest absolute Gasteiger partial charge is 0.247 e. The maximum Gasteiger partial charge on any atom is 0.247 e. The fourth-order valence-electron chi connectivity index (χ4n) is 6.01. The number of ether oxygens (including phenoxy) is 1. The molecule has 3 aromatic carbocycles. The number of anilines is 1. The Balaban J connectivity index is 1.31. The zero-order valence-corrected chi connectivity index (χ0v) is 25.1. The number of ketones is 1. The Morgan fingerprint density at radius 1 is 1.02 bits per heavy atom. The van der Waals surface area contributed by atoms with E-state index in [0.29, 0.717) is 29.7 Å². The van der Waals surface area contributed by atoms with Crippen molar-refractivity contribution < 1.29 is 19.1 Å². The molecule has 1 N–H and O–H groups in total. The topological polar surface area (TPSA) is 79.0 Å². The standard InChI is InChI=1S/C34H35N3O4S/c1-21-18-23(6-7-24(21)20-37-16-4-5-17-37)32(39)31-27-13-12-26(41-3)19-29(27)42-33(31)22-8-10-25(11-9-22)35-34(40)28-14-15-30(38)36(28)2/h6-13,18-19,28H,4-5,14-17,20H2,1-3H3,(H,35,40). The van der Waals surface area contributed by atoms with Crippen LogP contribution in [0.25, 0.3) is 20.5 Å². The van der Waals surface area contributed by atoms with E-state index < -0.39 is 6.04 Å². The number of hydrogen-bond acceptors (Lipinski definition) is 6. The number of hydrogen-bond donors (Lipinski definition) is 1. The third-order valence-electron chi connectivity index (χ3n) is 8.53. The fraction of sp³-hybridized carbons (Fsp3) is 0.324.